The highest BCUT2D eigenvalue weighted by Crippen LogP contribution is 2.26. The lowest BCUT2D eigenvalue weighted by atomic mass is 10.1. The van der Waals surface area contributed by atoms with Crippen molar-refractivity contribution in [3.63, 3.8) is 0 Å². The molecule has 6 heteroatoms. The predicted molar refractivity (Wildman–Crippen MR) is 108 cm³/mol. The average Bonchev–Trinajstić information content (AvgIpc) is 2.74. The molecule has 0 amide bonds. The Bertz CT molecular complexity index is 1090. The van der Waals surface area contributed by atoms with Crippen molar-refractivity contribution in [2.75, 3.05) is 0 Å². The summed E-state index contributed by atoms with van der Waals surface area (Å²) >= 11 is 0. The molecule has 0 heterocycles. The molecule has 0 N–H and O–H groups in total. The van der Waals surface area contributed by atoms with Crippen molar-refractivity contribution in [2.45, 2.75) is 13.5 Å². The van der Waals surface area contributed by atoms with Gasteiger partial charge >= 0.3 is 11.9 Å². The molecular formula is C24H18F2O4. The van der Waals surface area contributed by atoms with E-state index in [4.69, 9.17) is 9.47 Å². The van der Waals surface area contributed by atoms with E-state index in [9.17, 15) is 18.4 Å². The summed E-state index contributed by atoms with van der Waals surface area (Å²) in [5.41, 5.74) is 2.35. The van der Waals surface area contributed by atoms with Crippen LogP contribution in [0.1, 0.15) is 22.8 Å². The van der Waals surface area contributed by atoms with Gasteiger partial charge < -0.3 is 9.47 Å². The molecule has 4 nitrogen and oxygen atoms in total. The Morgan fingerprint density at radius 3 is 2.13 bits per heavy atom. The SMILES string of the molecule is C=C(C)C(=O)OCc1ccc(C(=O)Oc2ccc(-c3ccc(F)cc3)cc2F)cc1. The van der Waals surface area contributed by atoms with Crippen LogP contribution in [-0.4, -0.2) is 11.9 Å². The van der Waals surface area contributed by atoms with Crippen LogP contribution in [-0.2, 0) is 16.1 Å². The zero-order valence-electron chi connectivity index (χ0n) is 16.2. The molecule has 3 aromatic rings. The second-order valence-electron chi connectivity index (χ2n) is 6.59. The quantitative estimate of drug-likeness (QED) is 0.308. The van der Waals surface area contributed by atoms with Crippen LogP contribution in [0.4, 0.5) is 8.78 Å². The van der Waals surface area contributed by atoms with Gasteiger partial charge in [0.15, 0.2) is 11.6 Å². The first kappa shape index (κ1) is 20.9. The van der Waals surface area contributed by atoms with E-state index in [1.165, 1.54) is 48.5 Å². The van der Waals surface area contributed by atoms with Crippen LogP contribution < -0.4 is 4.74 Å². The van der Waals surface area contributed by atoms with E-state index >= 15 is 0 Å². The summed E-state index contributed by atoms with van der Waals surface area (Å²) in [7, 11) is 0. The van der Waals surface area contributed by atoms with Crippen LogP contribution in [0.25, 0.3) is 11.1 Å². The first-order valence-corrected chi connectivity index (χ1v) is 9.03. The second kappa shape index (κ2) is 9.13. The number of halogens is 2. The van der Waals surface area contributed by atoms with Gasteiger partial charge in [-0.3, -0.25) is 0 Å². The van der Waals surface area contributed by atoms with E-state index in [1.807, 2.05) is 0 Å². The number of benzene rings is 3. The molecule has 3 aromatic carbocycles. The standard InChI is InChI=1S/C24H18F2O4/c1-15(2)23(27)29-14-16-3-5-18(6-4-16)24(28)30-22-12-9-19(13-21(22)26)17-7-10-20(25)11-8-17/h3-13H,1,14H2,2H3. The summed E-state index contributed by atoms with van der Waals surface area (Å²) in [4.78, 5) is 23.7. The molecule has 0 atom stereocenters. The lowest BCUT2D eigenvalue weighted by Gasteiger charge is -2.09. The molecule has 0 aromatic heterocycles. The van der Waals surface area contributed by atoms with Gasteiger partial charge in [0, 0.05) is 5.57 Å². The molecule has 0 saturated heterocycles. The van der Waals surface area contributed by atoms with Gasteiger partial charge in [0.1, 0.15) is 12.4 Å². The summed E-state index contributed by atoms with van der Waals surface area (Å²) < 4.78 is 37.6. The molecule has 0 fully saturated rings. The first-order valence-electron chi connectivity index (χ1n) is 9.03. The Labute approximate surface area is 172 Å². The second-order valence-corrected chi connectivity index (χ2v) is 6.59. The van der Waals surface area contributed by atoms with Crippen molar-refractivity contribution in [1.29, 1.82) is 0 Å². The summed E-state index contributed by atoms with van der Waals surface area (Å²) in [5.74, 6) is -2.55. The van der Waals surface area contributed by atoms with Crippen molar-refractivity contribution in [1.82, 2.24) is 0 Å². The fourth-order valence-corrected chi connectivity index (χ4v) is 2.57. The molecule has 0 spiro atoms. The van der Waals surface area contributed by atoms with Crippen LogP contribution in [0.15, 0.2) is 78.9 Å². The van der Waals surface area contributed by atoms with Crippen molar-refractivity contribution in [3.05, 3.63) is 102 Å². The number of hydrogen-bond acceptors (Lipinski definition) is 4. The van der Waals surface area contributed by atoms with Crippen molar-refractivity contribution < 1.29 is 27.8 Å². The average molecular weight is 408 g/mol. The van der Waals surface area contributed by atoms with Crippen molar-refractivity contribution in [3.8, 4) is 16.9 Å². The Balaban J connectivity index is 1.66. The highest BCUT2D eigenvalue weighted by molar-refractivity contribution is 5.91. The number of hydrogen-bond donors (Lipinski definition) is 0. The van der Waals surface area contributed by atoms with Crippen molar-refractivity contribution >= 4 is 11.9 Å². The van der Waals surface area contributed by atoms with Gasteiger partial charge in [-0.15, -0.1) is 0 Å². The van der Waals surface area contributed by atoms with E-state index in [0.29, 0.717) is 22.3 Å². The van der Waals surface area contributed by atoms with Crippen LogP contribution >= 0.6 is 0 Å². The molecule has 0 bridgehead atoms. The van der Waals surface area contributed by atoms with Crippen LogP contribution in [0.2, 0.25) is 0 Å². The lowest BCUT2D eigenvalue weighted by molar-refractivity contribution is -0.140. The fourth-order valence-electron chi connectivity index (χ4n) is 2.57. The minimum absolute atomic E-state index is 0.0422. The molecule has 3 rings (SSSR count). The maximum absolute atomic E-state index is 14.4. The monoisotopic (exact) mass is 408 g/mol. The maximum atomic E-state index is 14.4. The zero-order valence-corrected chi connectivity index (χ0v) is 16.2. The van der Waals surface area contributed by atoms with Crippen LogP contribution in [0.3, 0.4) is 0 Å². The van der Waals surface area contributed by atoms with Gasteiger partial charge in [0.05, 0.1) is 5.56 Å². The van der Waals surface area contributed by atoms with Gasteiger partial charge in [-0.2, -0.15) is 0 Å². The predicted octanol–water partition coefficient (Wildman–Crippen LogP) is 5.47. The summed E-state index contributed by atoms with van der Waals surface area (Å²) in [6.45, 7) is 5.09. The molecule has 0 aliphatic rings. The van der Waals surface area contributed by atoms with E-state index in [-0.39, 0.29) is 23.7 Å². The summed E-state index contributed by atoms with van der Waals surface area (Å²) in [5, 5.41) is 0. The Morgan fingerprint density at radius 1 is 0.900 bits per heavy atom. The highest BCUT2D eigenvalue weighted by Gasteiger charge is 2.13. The molecule has 0 unspecified atom stereocenters. The summed E-state index contributed by atoms with van der Waals surface area (Å²) in [6.07, 6.45) is 0. The maximum Gasteiger partial charge on any atom is 0.343 e. The molecule has 30 heavy (non-hydrogen) atoms. The smallest absolute Gasteiger partial charge is 0.343 e. The van der Waals surface area contributed by atoms with Crippen molar-refractivity contribution in [2.24, 2.45) is 0 Å². The van der Waals surface area contributed by atoms with Gasteiger partial charge in [0.2, 0.25) is 0 Å². The third kappa shape index (κ3) is 5.17. The Morgan fingerprint density at radius 2 is 1.53 bits per heavy atom. The fraction of sp³-hybridized carbons (Fsp3) is 0.0833. The van der Waals surface area contributed by atoms with Gasteiger partial charge in [-0.1, -0.05) is 36.9 Å². The number of carbonyl (C=O) groups excluding carboxylic acids is 2. The molecule has 0 aliphatic carbocycles. The Hall–Kier alpha value is -3.80. The zero-order chi connectivity index (χ0) is 21.7. The summed E-state index contributed by atoms with van der Waals surface area (Å²) in [6, 6.07) is 16.0. The van der Waals surface area contributed by atoms with E-state index in [0.717, 1.165) is 0 Å². The molecule has 0 radical (unpaired) electrons. The van der Waals surface area contributed by atoms with E-state index in [2.05, 4.69) is 6.58 Å². The van der Waals surface area contributed by atoms with Gasteiger partial charge in [-0.25, -0.2) is 18.4 Å². The highest BCUT2D eigenvalue weighted by atomic mass is 19.1. The molecule has 0 saturated carbocycles. The Kier molecular flexibility index (Phi) is 6.37. The van der Waals surface area contributed by atoms with E-state index in [1.54, 1.807) is 25.1 Å². The topological polar surface area (TPSA) is 52.6 Å². The first-order chi connectivity index (χ1) is 14.3. The largest absolute Gasteiger partial charge is 0.457 e. The number of ether oxygens (including phenoxy) is 2. The number of carbonyl (C=O) groups is 2. The minimum Gasteiger partial charge on any atom is -0.457 e. The third-order valence-corrected chi connectivity index (χ3v) is 4.22. The molecule has 0 aliphatic heterocycles. The lowest BCUT2D eigenvalue weighted by Crippen LogP contribution is -2.10. The van der Waals surface area contributed by atoms with Gasteiger partial charge in [0.25, 0.3) is 0 Å². The minimum atomic E-state index is -0.728. The number of rotatable bonds is 6. The van der Waals surface area contributed by atoms with E-state index < -0.39 is 17.8 Å². The van der Waals surface area contributed by atoms with Crippen LogP contribution in [0.5, 0.6) is 5.75 Å². The van der Waals surface area contributed by atoms with Crippen LogP contribution in [0, 0.1) is 11.6 Å². The van der Waals surface area contributed by atoms with Gasteiger partial charge in [-0.05, 0) is 60.0 Å². The normalized spacial score (nSPS) is 10.4. The molecule has 152 valence electrons. The molecular weight excluding hydrogens is 390 g/mol. The third-order valence-electron chi connectivity index (χ3n) is 4.22. The number of esters is 2.